The highest BCUT2D eigenvalue weighted by Gasteiger charge is 2.75. The molecule has 0 radical (unpaired) electrons. The van der Waals surface area contributed by atoms with E-state index in [0.717, 1.165) is 46.3 Å². The van der Waals surface area contributed by atoms with E-state index in [1.54, 1.807) is 0 Å². The first kappa shape index (κ1) is 13.2. The van der Waals surface area contributed by atoms with Crippen LogP contribution in [0.25, 0.3) is 11.5 Å². The lowest BCUT2D eigenvalue weighted by molar-refractivity contribution is 0.436. The van der Waals surface area contributed by atoms with E-state index in [4.69, 9.17) is 8.83 Å². The Morgan fingerprint density at radius 1 is 1.26 bits per heavy atom. The molecule has 0 N–H and O–H groups in total. The summed E-state index contributed by atoms with van der Waals surface area (Å²) in [5, 5.41) is 1.91. The molecule has 6 heteroatoms. The summed E-state index contributed by atoms with van der Waals surface area (Å²) in [5.41, 5.74) is 1.50. The maximum Gasteiger partial charge on any atom is 0.214 e. The Kier molecular flexibility index (Phi) is 2.68. The second kappa shape index (κ2) is 3.86. The second-order valence-corrected chi connectivity index (χ2v) is 7.89. The van der Waals surface area contributed by atoms with Gasteiger partial charge in [-0.15, -0.1) is 17.0 Å². The molecule has 3 aliphatic rings. The highest BCUT2D eigenvalue weighted by atomic mass is 79.9. The third-order valence-corrected chi connectivity index (χ3v) is 6.06. The average Bonchev–Trinajstić information content (AvgIpc) is 2.90. The van der Waals surface area contributed by atoms with Crippen LogP contribution in [0, 0.1) is 5.92 Å². The van der Waals surface area contributed by atoms with Gasteiger partial charge in [-0.3, -0.25) is 0 Å². The molecule has 1 atom stereocenters. The fourth-order valence-corrected chi connectivity index (χ4v) is 4.98. The minimum atomic E-state index is -2.16. The Bertz CT molecular complexity index is 720. The van der Waals surface area contributed by atoms with Crippen LogP contribution >= 0.6 is 24.1 Å². The summed E-state index contributed by atoms with van der Waals surface area (Å²) in [6, 6.07) is 0. The number of furan rings is 1. The average molecular weight is 344 g/mol. The van der Waals surface area contributed by atoms with Crippen molar-refractivity contribution >= 4 is 40.2 Å². The van der Waals surface area contributed by atoms with Gasteiger partial charge in [0.15, 0.2) is 17.2 Å². The largest absolute Gasteiger partial charge is 0.449 e. The molecule has 19 heavy (non-hydrogen) atoms. The molecule has 0 saturated carbocycles. The lowest BCUT2D eigenvalue weighted by Gasteiger charge is -2.01. The molecule has 2 aromatic rings. The molecule has 5 heterocycles. The molecule has 0 fully saturated rings. The van der Waals surface area contributed by atoms with E-state index >= 15 is 0 Å². The standard InChI is InChI=1S/C13H14NO3P.BrH/c1-4-8-14-9(7(16-8)5-6(2)3)10-11-12-13(17-10)18(11,12)15;/h6H,4-5H2,1-3H3;1H. The summed E-state index contributed by atoms with van der Waals surface area (Å²) in [5.74, 6) is 2.80. The van der Waals surface area contributed by atoms with Crippen molar-refractivity contribution in [2.75, 3.05) is 0 Å². The first-order valence-electron chi connectivity index (χ1n) is 6.34. The first-order chi connectivity index (χ1) is 8.57. The van der Waals surface area contributed by atoms with Gasteiger partial charge < -0.3 is 13.4 Å². The number of rotatable bonds is 4. The van der Waals surface area contributed by atoms with Gasteiger partial charge in [0.25, 0.3) is 0 Å². The van der Waals surface area contributed by atoms with Gasteiger partial charge in [0.05, 0.1) is 10.6 Å². The van der Waals surface area contributed by atoms with Crippen LogP contribution in [-0.4, -0.2) is 4.98 Å². The van der Waals surface area contributed by atoms with Crippen molar-refractivity contribution in [3.05, 3.63) is 11.7 Å². The Morgan fingerprint density at radius 3 is 2.42 bits per heavy atom. The zero-order valence-electron chi connectivity index (χ0n) is 11.0. The van der Waals surface area contributed by atoms with E-state index in [9.17, 15) is 4.57 Å². The van der Waals surface area contributed by atoms with Crippen LogP contribution in [0.3, 0.4) is 0 Å². The quantitative estimate of drug-likeness (QED) is 0.534. The lowest BCUT2D eigenvalue weighted by Crippen LogP contribution is -1.99. The van der Waals surface area contributed by atoms with E-state index in [2.05, 4.69) is 18.8 Å². The van der Waals surface area contributed by atoms with E-state index in [1.807, 2.05) is 6.92 Å². The zero-order valence-corrected chi connectivity index (χ0v) is 13.6. The summed E-state index contributed by atoms with van der Waals surface area (Å²) in [6.45, 7) is 6.29. The van der Waals surface area contributed by atoms with E-state index in [1.165, 1.54) is 0 Å². The van der Waals surface area contributed by atoms with Crippen molar-refractivity contribution in [2.24, 2.45) is 5.92 Å². The summed E-state index contributed by atoms with van der Waals surface area (Å²) in [7, 11) is -2.16. The lowest BCUT2D eigenvalue weighted by atomic mass is 10.1. The van der Waals surface area contributed by atoms with Crippen LogP contribution in [0.2, 0.25) is 0 Å². The molecule has 4 nitrogen and oxygen atoms in total. The topological polar surface area (TPSA) is 56.2 Å². The molecule has 0 saturated heterocycles. The first-order valence-corrected chi connectivity index (χ1v) is 8.05. The van der Waals surface area contributed by atoms with Gasteiger partial charge in [0.2, 0.25) is 7.14 Å². The Labute approximate surface area is 121 Å². The number of aryl methyl sites for hydroxylation is 1. The predicted molar refractivity (Wildman–Crippen MR) is 79.0 cm³/mol. The number of halogens is 1. The predicted octanol–water partition coefficient (Wildman–Crippen LogP) is 2.54. The number of nitrogens with zero attached hydrogens (tertiary/aromatic N) is 1. The molecule has 1 unspecified atom stereocenters. The van der Waals surface area contributed by atoms with Gasteiger partial charge >= 0.3 is 0 Å². The molecule has 0 spiro atoms. The van der Waals surface area contributed by atoms with E-state index < -0.39 is 7.14 Å². The van der Waals surface area contributed by atoms with Crippen molar-refractivity contribution in [3.63, 3.8) is 0 Å². The Morgan fingerprint density at radius 2 is 1.95 bits per heavy atom. The number of hydrogen-bond donors (Lipinski definition) is 0. The van der Waals surface area contributed by atoms with Crippen molar-refractivity contribution < 1.29 is 13.4 Å². The molecule has 2 bridgehead atoms. The van der Waals surface area contributed by atoms with Crippen LogP contribution in [0.15, 0.2) is 8.83 Å². The third kappa shape index (κ3) is 1.52. The van der Waals surface area contributed by atoms with Crippen molar-refractivity contribution in [1.82, 2.24) is 4.98 Å². The fraction of sp³-hybridized carbons (Fsp3) is 0.462. The van der Waals surface area contributed by atoms with Crippen molar-refractivity contribution in [1.29, 1.82) is 0 Å². The van der Waals surface area contributed by atoms with Gasteiger partial charge in [-0.2, -0.15) is 0 Å². The highest BCUT2D eigenvalue weighted by molar-refractivity contribution is 8.93. The third-order valence-electron chi connectivity index (χ3n) is 3.51. The molecular weight excluding hydrogens is 329 g/mol. The van der Waals surface area contributed by atoms with Gasteiger partial charge in [-0.25, -0.2) is 4.98 Å². The molecule has 5 rings (SSSR count). The molecular formula is C13H15BrNO3P. The smallest absolute Gasteiger partial charge is 0.214 e. The van der Waals surface area contributed by atoms with Crippen LogP contribution in [-0.2, 0) is 17.4 Å². The number of fused-ring (bicyclic) bond motifs is 1. The van der Waals surface area contributed by atoms with Gasteiger partial charge in [0, 0.05) is 12.8 Å². The number of aromatic nitrogens is 1. The summed E-state index contributed by atoms with van der Waals surface area (Å²) in [4.78, 5) is 4.49. The van der Waals surface area contributed by atoms with Gasteiger partial charge in [-0.1, -0.05) is 20.8 Å². The maximum atomic E-state index is 12.0. The van der Waals surface area contributed by atoms with Gasteiger partial charge in [0.1, 0.15) is 11.5 Å². The Hall–Kier alpha value is -0.800. The maximum absolute atomic E-state index is 12.0. The zero-order chi connectivity index (χ0) is 12.7. The number of hydrogen-bond acceptors (Lipinski definition) is 4. The van der Waals surface area contributed by atoms with Gasteiger partial charge in [-0.05, 0) is 5.92 Å². The minimum absolute atomic E-state index is 0. The fourth-order valence-electron chi connectivity index (χ4n) is 2.50. The number of oxazole rings is 1. The molecule has 3 aliphatic heterocycles. The van der Waals surface area contributed by atoms with Crippen LogP contribution < -0.4 is 16.1 Å². The van der Waals surface area contributed by atoms with Crippen LogP contribution in [0.5, 0.6) is 0 Å². The monoisotopic (exact) mass is 343 g/mol. The summed E-state index contributed by atoms with van der Waals surface area (Å²) in [6.07, 6.45) is 1.59. The SMILES string of the molecule is Br.CCc1nc(-c2oc3c4c2P34=O)c(CC(C)C)o1. The molecule has 0 aromatic carbocycles. The molecule has 0 amide bonds. The molecule has 102 valence electrons. The van der Waals surface area contributed by atoms with Crippen LogP contribution in [0.4, 0.5) is 0 Å². The second-order valence-electron chi connectivity index (χ2n) is 5.37. The van der Waals surface area contributed by atoms with Crippen LogP contribution in [0.1, 0.15) is 32.4 Å². The highest BCUT2D eigenvalue weighted by Crippen LogP contribution is 2.70. The van der Waals surface area contributed by atoms with E-state index in [0.29, 0.717) is 11.7 Å². The minimum Gasteiger partial charge on any atom is -0.449 e. The van der Waals surface area contributed by atoms with E-state index in [-0.39, 0.29) is 17.0 Å². The van der Waals surface area contributed by atoms with Crippen molar-refractivity contribution in [2.45, 2.75) is 33.6 Å². The molecule has 0 aliphatic carbocycles. The summed E-state index contributed by atoms with van der Waals surface area (Å²) >= 11 is 0. The van der Waals surface area contributed by atoms with Crippen molar-refractivity contribution in [3.8, 4) is 11.5 Å². The normalized spacial score (nSPS) is 21.3. The summed E-state index contributed by atoms with van der Waals surface area (Å²) < 4.78 is 23.4. The Balaban J connectivity index is 0.00000110. The molecule has 2 aromatic heterocycles.